The van der Waals surface area contributed by atoms with Gasteiger partial charge in [0.2, 0.25) is 0 Å². The minimum absolute atomic E-state index is 0.799. The van der Waals surface area contributed by atoms with E-state index in [1.165, 1.54) is 12.8 Å². The van der Waals surface area contributed by atoms with Crippen LogP contribution in [-0.4, -0.2) is 19.8 Å². The summed E-state index contributed by atoms with van der Waals surface area (Å²) in [7, 11) is 0. The molecule has 0 radical (unpaired) electrons. The van der Waals surface area contributed by atoms with Gasteiger partial charge in [0.1, 0.15) is 0 Å². The predicted octanol–water partition coefficient (Wildman–Crippen LogP) is 2.66. The van der Waals surface area contributed by atoms with Gasteiger partial charge in [-0.2, -0.15) is 0 Å². The summed E-state index contributed by atoms with van der Waals surface area (Å²) in [5, 5.41) is 0. The third kappa shape index (κ3) is 4.95. The first kappa shape index (κ1) is 8.80. The molecule has 0 rings (SSSR count). The van der Waals surface area contributed by atoms with E-state index in [0.29, 0.717) is 0 Å². The molecule has 0 aromatic carbocycles. The molecule has 0 saturated carbocycles. The van der Waals surface area contributed by atoms with E-state index < -0.39 is 19.8 Å². The molecule has 0 aromatic heterocycles. The molecule has 0 amide bonds. The van der Waals surface area contributed by atoms with E-state index in [0.717, 1.165) is 0 Å². The third-order valence-electron chi connectivity index (χ3n) is 1.56. The summed E-state index contributed by atoms with van der Waals surface area (Å²) < 4.78 is 3.24. The first-order valence-corrected chi connectivity index (χ1v) is 11.8. The van der Waals surface area contributed by atoms with Gasteiger partial charge in [0.15, 0.2) is 0 Å². The summed E-state index contributed by atoms with van der Waals surface area (Å²) in [5.74, 6) is 0. The van der Waals surface area contributed by atoms with Crippen LogP contribution in [0.2, 0.25) is 13.8 Å². The molecular formula is C7H18Sn. The molecule has 0 spiro atoms. The van der Waals surface area contributed by atoms with Crippen molar-refractivity contribution in [2.45, 2.75) is 40.5 Å². The van der Waals surface area contributed by atoms with Gasteiger partial charge in [-0.3, -0.25) is 0 Å². The second-order valence-electron chi connectivity index (χ2n) is 2.68. The molecule has 8 heavy (non-hydrogen) atoms. The van der Waals surface area contributed by atoms with Crippen molar-refractivity contribution in [1.82, 2.24) is 0 Å². The van der Waals surface area contributed by atoms with Crippen LogP contribution in [0.15, 0.2) is 0 Å². The van der Waals surface area contributed by atoms with Crippen molar-refractivity contribution in [2.75, 3.05) is 0 Å². The molecule has 0 nitrogen and oxygen atoms in total. The van der Waals surface area contributed by atoms with Crippen molar-refractivity contribution in [3.05, 3.63) is 0 Å². The summed E-state index contributed by atoms with van der Waals surface area (Å²) in [4.78, 5) is 2.55. The van der Waals surface area contributed by atoms with Crippen LogP contribution >= 0.6 is 0 Å². The number of hydrogen-bond acceptors (Lipinski definition) is 0. The van der Waals surface area contributed by atoms with Gasteiger partial charge in [-0.05, 0) is 0 Å². The van der Waals surface area contributed by atoms with Crippen molar-refractivity contribution >= 4 is 19.8 Å². The molecule has 0 fully saturated rings. The molecule has 0 N–H and O–H groups in total. The van der Waals surface area contributed by atoms with E-state index in [1.54, 1.807) is 8.87 Å². The van der Waals surface area contributed by atoms with Crippen LogP contribution < -0.4 is 0 Å². The van der Waals surface area contributed by atoms with Gasteiger partial charge >= 0.3 is 60.3 Å². The number of rotatable bonds is 4. The maximum absolute atomic E-state index is 2.55. The SMILES string of the molecule is CC[CH2][SnH]([CH3])[CH2]CC. The fourth-order valence-corrected chi connectivity index (χ4v) is 7.58. The Bertz CT molecular complexity index is 37.7. The van der Waals surface area contributed by atoms with Crippen LogP contribution in [0.25, 0.3) is 0 Å². The molecular weight excluding hydrogens is 203 g/mol. The summed E-state index contributed by atoms with van der Waals surface area (Å²) in [6.45, 7) is 4.62. The summed E-state index contributed by atoms with van der Waals surface area (Å²) in [6.07, 6.45) is 2.88. The monoisotopic (exact) mass is 222 g/mol. The van der Waals surface area contributed by atoms with Gasteiger partial charge in [0.25, 0.3) is 0 Å². The van der Waals surface area contributed by atoms with Gasteiger partial charge < -0.3 is 0 Å². The summed E-state index contributed by atoms with van der Waals surface area (Å²) in [5.41, 5.74) is 0. The Morgan fingerprint density at radius 2 is 1.38 bits per heavy atom. The molecule has 0 aliphatic heterocycles. The van der Waals surface area contributed by atoms with Crippen LogP contribution in [0.1, 0.15) is 26.7 Å². The standard InChI is InChI=1S/2C3H7.CH3.Sn.H/c2*1-3-2;;;/h2*1,3H2,2H3;1H3;;. The first-order valence-electron chi connectivity index (χ1n) is 3.81. The van der Waals surface area contributed by atoms with Crippen molar-refractivity contribution in [3.63, 3.8) is 0 Å². The van der Waals surface area contributed by atoms with Crippen molar-refractivity contribution in [3.8, 4) is 0 Å². The quantitative estimate of drug-likeness (QED) is 0.640. The summed E-state index contributed by atoms with van der Waals surface area (Å²) >= 11 is -0.799. The molecule has 0 heterocycles. The van der Waals surface area contributed by atoms with Crippen molar-refractivity contribution < 1.29 is 0 Å². The average molecular weight is 221 g/mol. The molecule has 0 unspecified atom stereocenters. The Morgan fingerprint density at radius 1 is 1.00 bits per heavy atom. The zero-order chi connectivity index (χ0) is 6.41. The van der Waals surface area contributed by atoms with E-state index in [-0.39, 0.29) is 0 Å². The zero-order valence-corrected chi connectivity index (χ0v) is 9.70. The summed E-state index contributed by atoms with van der Waals surface area (Å²) in [6, 6.07) is 0. The van der Waals surface area contributed by atoms with Crippen molar-refractivity contribution in [1.29, 1.82) is 0 Å². The van der Waals surface area contributed by atoms with E-state index in [2.05, 4.69) is 18.8 Å². The molecule has 0 saturated heterocycles. The van der Waals surface area contributed by atoms with Gasteiger partial charge in [-0.25, -0.2) is 0 Å². The molecule has 0 aromatic rings. The predicted molar refractivity (Wildman–Crippen MR) is 43.2 cm³/mol. The second kappa shape index (κ2) is 5.93. The van der Waals surface area contributed by atoms with Crippen LogP contribution in [0.4, 0.5) is 0 Å². The van der Waals surface area contributed by atoms with E-state index in [1.807, 2.05) is 0 Å². The van der Waals surface area contributed by atoms with Gasteiger partial charge in [0.05, 0.1) is 0 Å². The molecule has 0 bridgehead atoms. The van der Waals surface area contributed by atoms with Crippen LogP contribution in [0.5, 0.6) is 0 Å². The Morgan fingerprint density at radius 3 is 1.62 bits per heavy atom. The molecule has 0 atom stereocenters. The average Bonchev–Trinajstić information content (AvgIpc) is 1.68. The van der Waals surface area contributed by atoms with Crippen LogP contribution in [0.3, 0.4) is 0 Å². The minimum atomic E-state index is -0.799. The topological polar surface area (TPSA) is 0 Å². The Kier molecular flexibility index (Phi) is 6.52. The third-order valence-corrected chi connectivity index (χ3v) is 10.5. The van der Waals surface area contributed by atoms with E-state index in [9.17, 15) is 0 Å². The van der Waals surface area contributed by atoms with Gasteiger partial charge in [-0.1, -0.05) is 0 Å². The van der Waals surface area contributed by atoms with Gasteiger partial charge in [0, 0.05) is 0 Å². The Hall–Kier alpha value is 0.799. The molecule has 1 heteroatoms. The fraction of sp³-hybridized carbons (Fsp3) is 1.00. The van der Waals surface area contributed by atoms with E-state index in [4.69, 9.17) is 0 Å². The fourth-order valence-electron chi connectivity index (χ4n) is 1.13. The second-order valence-corrected chi connectivity index (χ2v) is 12.3. The van der Waals surface area contributed by atoms with E-state index >= 15 is 0 Å². The van der Waals surface area contributed by atoms with Crippen molar-refractivity contribution in [2.24, 2.45) is 0 Å². The molecule has 0 aliphatic rings. The maximum atomic E-state index is 2.55. The van der Waals surface area contributed by atoms with Crippen LogP contribution in [0, 0.1) is 0 Å². The van der Waals surface area contributed by atoms with Crippen LogP contribution in [-0.2, 0) is 0 Å². The zero-order valence-electron chi connectivity index (χ0n) is 6.41. The van der Waals surface area contributed by atoms with Gasteiger partial charge in [-0.15, -0.1) is 0 Å². The first-order chi connectivity index (χ1) is 3.81. The Balaban J connectivity index is 2.92. The number of hydrogen-bond donors (Lipinski definition) is 0. The normalized spacial score (nSPS) is 10.5. The Labute approximate surface area is 60.4 Å². The molecule has 50 valence electrons. The molecule has 0 aliphatic carbocycles.